The Kier molecular flexibility index (Phi) is 6.02. The first kappa shape index (κ1) is 12.3. The maximum Gasteiger partial charge on any atom is 0.243 e. The summed E-state index contributed by atoms with van der Waals surface area (Å²) < 4.78 is 0. The number of carbonyl (C=O) groups excluding carboxylic acids is 3. The molecule has 0 spiro atoms. The third kappa shape index (κ3) is 5.93. The molecule has 0 bridgehead atoms. The second-order valence-corrected chi connectivity index (χ2v) is 2.59. The van der Waals surface area contributed by atoms with Gasteiger partial charge in [0.2, 0.25) is 11.8 Å². The van der Waals surface area contributed by atoms with Crippen molar-refractivity contribution in [1.29, 1.82) is 0 Å². The van der Waals surface area contributed by atoms with Crippen LogP contribution in [0, 0.1) is 0 Å². The van der Waals surface area contributed by atoms with Crippen molar-refractivity contribution in [2.45, 2.75) is 13.3 Å². The minimum atomic E-state index is -0.415. The molecule has 0 aromatic carbocycles. The number of hydrogen-bond donors (Lipinski definition) is 2. The maximum absolute atomic E-state index is 11.0. The molecule has 2 amide bonds. The fraction of sp³-hybridized carbons (Fsp3) is 0.444. The van der Waals surface area contributed by atoms with Crippen LogP contribution >= 0.6 is 0 Å². The first-order valence-corrected chi connectivity index (χ1v) is 4.28. The summed E-state index contributed by atoms with van der Waals surface area (Å²) >= 11 is 0. The van der Waals surface area contributed by atoms with E-state index in [1.54, 1.807) is 6.92 Å². The second-order valence-electron chi connectivity index (χ2n) is 2.59. The minimum Gasteiger partial charge on any atom is -0.347 e. The first-order chi connectivity index (χ1) is 6.60. The summed E-state index contributed by atoms with van der Waals surface area (Å²) in [7, 11) is 0. The average molecular weight is 198 g/mol. The number of carbonyl (C=O) groups is 3. The molecule has 78 valence electrons. The van der Waals surface area contributed by atoms with Gasteiger partial charge < -0.3 is 10.6 Å². The van der Waals surface area contributed by atoms with Crippen molar-refractivity contribution in [3.63, 3.8) is 0 Å². The van der Waals surface area contributed by atoms with Crippen molar-refractivity contribution in [2.24, 2.45) is 0 Å². The SMILES string of the molecule is C=CC(=O)NCC(=O)NCC(=O)CC. The molecule has 0 fully saturated rings. The number of rotatable bonds is 6. The Labute approximate surface area is 82.6 Å². The maximum atomic E-state index is 11.0. The normalized spacial score (nSPS) is 8.93. The molecule has 0 rings (SSSR count). The highest BCUT2D eigenvalue weighted by atomic mass is 16.2. The van der Waals surface area contributed by atoms with Gasteiger partial charge in [0.1, 0.15) is 0 Å². The van der Waals surface area contributed by atoms with Gasteiger partial charge in [0.05, 0.1) is 13.1 Å². The van der Waals surface area contributed by atoms with E-state index in [9.17, 15) is 14.4 Å². The van der Waals surface area contributed by atoms with E-state index in [0.29, 0.717) is 6.42 Å². The number of ketones is 1. The Balaban J connectivity index is 3.61. The smallest absolute Gasteiger partial charge is 0.243 e. The van der Waals surface area contributed by atoms with E-state index >= 15 is 0 Å². The van der Waals surface area contributed by atoms with Crippen LogP contribution in [0.4, 0.5) is 0 Å². The molecule has 0 saturated heterocycles. The van der Waals surface area contributed by atoms with Crippen molar-refractivity contribution >= 4 is 17.6 Å². The highest BCUT2D eigenvalue weighted by molar-refractivity contribution is 5.92. The molecule has 0 radical (unpaired) electrons. The molecule has 0 atom stereocenters. The molecule has 0 aliphatic heterocycles. The predicted molar refractivity (Wildman–Crippen MR) is 51.5 cm³/mol. The van der Waals surface area contributed by atoms with Crippen LogP contribution in [0.3, 0.4) is 0 Å². The summed E-state index contributed by atoms with van der Waals surface area (Å²) in [5.41, 5.74) is 0. The Hall–Kier alpha value is -1.65. The Bertz CT molecular complexity index is 248. The third-order valence-electron chi connectivity index (χ3n) is 1.49. The van der Waals surface area contributed by atoms with Gasteiger partial charge in [-0.25, -0.2) is 0 Å². The van der Waals surface area contributed by atoms with Gasteiger partial charge in [-0.1, -0.05) is 13.5 Å². The van der Waals surface area contributed by atoms with Crippen molar-refractivity contribution in [3.05, 3.63) is 12.7 Å². The Morgan fingerprint density at radius 2 is 1.86 bits per heavy atom. The molecule has 0 aliphatic carbocycles. The second kappa shape index (κ2) is 6.82. The van der Waals surface area contributed by atoms with E-state index in [-0.39, 0.29) is 24.8 Å². The van der Waals surface area contributed by atoms with Crippen LogP contribution in [0.1, 0.15) is 13.3 Å². The van der Waals surface area contributed by atoms with Crippen LogP contribution in [-0.4, -0.2) is 30.7 Å². The lowest BCUT2D eigenvalue weighted by molar-refractivity contribution is -0.126. The summed E-state index contributed by atoms with van der Waals surface area (Å²) in [6.45, 7) is 4.82. The summed E-state index contributed by atoms with van der Waals surface area (Å²) in [6.07, 6.45) is 1.46. The number of Topliss-reactive ketones (excluding diaryl/α,β-unsaturated/α-hetero) is 1. The summed E-state index contributed by atoms with van der Waals surface area (Å²) in [5.74, 6) is -0.850. The molecule has 0 aromatic rings. The lowest BCUT2D eigenvalue weighted by Gasteiger charge is -2.03. The Morgan fingerprint density at radius 1 is 1.21 bits per heavy atom. The van der Waals surface area contributed by atoms with Crippen LogP contribution in [-0.2, 0) is 14.4 Å². The molecular weight excluding hydrogens is 184 g/mol. The fourth-order valence-electron chi connectivity index (χ4n) is 0.624. The van der Waals surface area contributed by atoms with Gasteiger partial charge in [0.25, 0.3) is 0 Å². The van der Waals surface area contributed by atoms with Crippen LogP contribution in [0.5, 0.6) is 0 Å². The number of amides is 2. The van der Waals surface area contributed by atoms with Crippen molar-refractivity contribution < 1.29 is 14.4 Å². The predicted octanol–water partition coefficient (Wildman–Crippen LogP) is -0.616. The molecule has 5 nitrogen and oxygen atoms in total. The van der Waals surface area contributed by atoms with Gasteiger partial charge in [-0.05, 0) is 6.08 Å². The van der Waals surface area contributed by atoms with Gasteiger partial charge in [-0.2, -0.15) is 0 Å². The third-order valence-corrected chi connectivity index (χ3v) is 1.49. The zero-order valence-electron chi connectivity index (χ0n) is 8.13. The standard InChI is InChI=1S/C9H14N2O3/c1-3-7(12)5-10-9(14)6-11-8(13)4-2/h4H,2-3,5-6H2,1H3,(H,10,14)(H,11,13). The molecule has 0 saturated carbocycles. The number of hydrogen-bond acceptors (Lipinski definition) is 3. The first-order valence-electron chi connectivity index (χ1n) is 4.28. The molecule has 0 heterocycles. The molecule has 5 heteroatoms. The van der Waals surface area contributed by atoms with E-state index < -0.39 is 5.91 Å². The largest absolute Gasteiger partial charge is 0.347 e. The lowest BCUT2D eigenvalue weighted by atomic mass is 10.3. The van der Waals surface area contributed by atoms with Crippen molar-refractivity contribution in [1.82, 2.24) is 10.6 Å². The highest BCUT2D eigenvalue weighted by Crippen LogP contribution is 1.77. The van der Waals surface area contributed by atoms with E-state index in [0.717, 1.165) is 6.08 Å². The summed E-state index contributed by atoms with van der Waals surface area (Å²) in [5, 5.41) is 4.67. The molecule has 0 unspecified atom stereocenters. The van der Waals surface area contributed by atoms with Crippen LogP contribution in [0.15, 0.2) is 12.7 Å². The minimum absolute atomic E-state index is 0.0132. The van der Waals surface area contributed by atoms with Gasteiger partial charge >= 0.3 is 0 Å². The van der Waals surface area contributed by atoms with E-state index in [1.165, 1.54) is 0 Å². The van der Waals surface area contributed by atoms with Crippen LogP contribution in [0.2, 0.25) is 0 Å². The fourth-order valence-corrected chi connectivity index (χ4v) is 0.624. The van der Waals surface area contributed by atoms with Gasteiger partial charge in [0.15, 0.2) is 5.78 Å². The quantitative estimate of drug-likeness (QED) is 0.559. The molecular formula is C9H14N2O3. The van der Waals surface area contributed by atoms with E-state index in [4.69, 9.17) is 0 Å². The molecule has 14 heavy (non-hydrogen) atoms. The van der Waals surface area contributed by atoms with E-state index in [1.807, 2.05) is 0 Å². The summed E-state index contributed by atoms with van der Waals surface area (Å²) in [6, 6.07) is 0. The van der Waals surface area contributed by atoms with Gasteiger partial charge in [0, 0.05) is 6.42 Å². The van der Waals surface area contributed by atoms with E-state index in [2.05, 4.69) is 17.2 Å². The van der Waals surface area contributed by atoms with Gasteiger partial charge in [-0.3, -0.25) is 14.4 Å². The lowest BCUT2D eigenvalue weighted by Crippen LogP contribution is -2.38. The Morgan fingerprint density at radius 3 is 2.36 bits per heavy atom. The zero-order valence-corrected chi connectivity index (χ0v) is 8.13. The van der Waals surface area contributed by atoms with Gasteiger partial charge in [-0.15, -0.1) is 0 Å². The highest BCUT2D eigenvalue weighted by Gasteiger charge is 2.04. The number of nitrogens with one attached hydrogen (secondary N) is 2. The van der Waals surface area contributed by atoms with Crippen molar-refractivity contribution in [3.8, 4) is 0 Å². The van der Waals surface area contributed by atoms with Crippen LogP contribution < -0.4 is 10.6 Å². The average Bonchev–Trinajstić information content (AvgIpc) is 2.22. The van der Waals surface area contributed by atoms with Crippen LogP contribution in [0.25, 0.3) is 0 Å². The molecule has 0 aromatic heterocycles. The topological polar surface area (TPSA) is 75.3 Å². The zero-order chi connectivity index (χ0) is 11.0. The van der Waals surface area contributed by atoms with Crippen molar-refractivity contribution in [2.75, 3.05) is 13.1 Å². The molecule has 2 N–H and O–H groups in total. The monoisotopic (exact) mass is 198 g/mol. The summed E-state index contributed by atoms with van der Waals surface area (Å²) in [4.78, 5) is 32.4. The molecule has 0 aliphatic rings.